The molecule has 0 saturated heterocycles. The number of hydrogen-bond donors (Lipinski definition) is 0. The Morgan fingerprint density at radius 2 is 2.09 bits per heavy atom. The fourth-order valence-corrected chi connectivity index (χ4v) is 3.03. The molecule has 2 saturated carbocycles. The monoisotopic (exact) mass is 192 g/mol. The summed E-state index contributed by atoms with van der Waals surface area (Å²) in [5, 5.41) is 0.235. The Kier molecular flexibility index (Phi) is 1.89. The average molecular weight is 193 g/mol. The lowest BCUT2D eigenvalue weighted by Gasteiger charge is -2.12. The predicted octanol–water partition coefficient (Wildman–Crippen LogP) is 3.41. The molecule has 0 N–H and O–H groups in total. The number of hydrogen-bond acceptors (Lipinski definition) is 0. The highest BCUT2D eigenvalue weighted by atomic mass is 35.5. The van der Waals surface area contributed by atoms with E-state index in [1.165, 1.54) is 12.8 Å². The first-order valence-corrected chi connectivity index (χ1v) is 5.27. The van der Waals surface area contributed by atoms with E-state index in [4.69, 9.17) is 23.2 Å². The molecule has 0 aromatic carbocycles. The maximum atomic E-state index is 6.33. The Balaban J connectivity index is 2.08. The van der Waals surface area contributed by atoms with Gasteiger partial charge in [-0.1, -0.05) is 6.92 Å². The molecule has 2 aliphatic carbocycles. The summed E-state index contributed by atoms with van der Waals surface area (Å²) in [5.41, 5.74) is 0. The molecule has 0 spiro atoms. The minimum Gasteiger partial charge on any atom is -0.121 e. The Morgan fingerprint density at radius 3 is 2.82 bits per heavy atom. The van der Waals surface area contributed by atoms with Crippen LogP contribution in [0.4, 0.5) is 0 Å². The van der Waals surface area contributed by atoms with Crippen molar-refractivity contribution in [2.45, 2.75) is 42.9 Å². The van der Waals surface area contributed by atoms with Gasteiger partial charge >= 0.3 is 0 Å². The summed E-state index contributed by atoms with van der Waals surface area (Å²) in [7, 11) is 0. The van der Waals surface area contributed by atoms with Crippen LogP contribution >= 0.6 is 23.2 Å². The first-order valence-electron chi connectivity index (χ1n) is 4.46. The second kappa shape index (κ2) is 2.53. The number of alkyl halides is 2. The van der Waals surface area contributed by atoms with Crippen LogP contribution in [0.2, 0.25) is 0 Å². The maximum absolute atomic E-state index is 6.33. The molecule has 0 amide bonds. The van der Waals surface area contributed by atoms with Crippen LogP contribution in [-0.4, -0.2) is 10.3 Å². The molecule has 11 heavy (non-hydrogen) atoms. The van der Waals surface area contributed by atoms with Gasteiger partial charge < -0.3 is 0 Å². The molecule has 2 heteroatoms. The molecule has 64 valence electrons. The van der Waals surface area contributed by atoms with Crippen molar-refractivity contribution in [1.82, 2.24) is 0 Å². The summed E-state index contributed by atoms with van der Waals surface area (Å²) in [6, 6.07) is 0. The molecule has 0 bridgehead atoms. The van der Waals surface area contributed by atoms with Gasteiger partial charge in [-0.25, -0.2) is 0 Å². The Morgan fingerprint density at radius 1 is 1.36 bits per heavy atom. The largest absolute Gasteiger partial charge is 0.121 e. The van der Waals surface area contributed by atoms with E-state index >= 15 is 0 Å². The first kappa shape index (κ1) is 8.19. The van der Waals surface area contributed by atoms with Gasteiger partial charge in [0.15, 0.2) is 0 Å². The molecule has 4 atom stereocenters. The maximum Gasteiger partial charge on any atom is 0.0641 e. The number of rotatable bonds is 0. The molecule has 0 heterocycles. The van der Waals surface area contributed by atoms with Crippen LogP contribution in [0, 0.1) is 11.8 Å². The van der Waals surface area contributed by atoms with E-state index in [1.54, 1.807) is 0 Å². The van der Waals surface area contributed by atoms with Crippen LogP contribution < -0.4 is 0 Å². The fraction of sp³-hybridized carbons (Fsp3) is 1.00. The predicted molar refractivity (Wildman–Crippen MR) is 49.3 cm³/mol. The highest BCUT2D eigenvalue weighted by molar-refractivity contribution is 6.34. The number of halogens is 2. The molecule has 2 fully saturated rings. The second-order valence-corrected chi connectivity index (χ2v) is 5.44. The minimum absolute atomic E-state index is 0.00627. The van der Waals surface area contributed by atoms with Crippen molar-refractivity contribution in [1.29, 1.82) is 0 Å². The highest BCUT2D eigenvalue weighted by Gasteiger charge is 2.58. The lowest BCUT2D eigenvalue weighted by molar-refractivity contribution is 0.475. The normalized spacial score (nSPS) is 56.5. The second-order valence-electron chi connectivity index (χ2n) is 4.21. The molecule has 2 aliphatic rings. The summed E-state index contributed by atoms with van der Waals surface area (Å²) in [6.07, 6.45) is 4.83. The van der Waals surface area contributed by atoms with Crippen molar-refractivity contribution >= 4 is 23.2 Å². The summed E-state index contributed by atoms with van der Waals surface area (Å²) < 4.78 is 0. The molecule has 0 aliphatic heterocycles. The van der Waals surface area contributed by atoms with Crippen molar-refractivity contribution in [3.63, 3.8) is 0 Å². The number of fused-ring (bicyclic) bond motifs is 1. The fourth-order valence-electron chi connectivity index (χ4n) is 2.26. The Hall–Kier alpha value is 0.580. The van der Waals surface area contributed by atoms with E-state index in [0.29, 0.717) is 0 Å². The SMILES string of the molecule is CC1CC[C@H](Cl)[C@]2(Cl)C[C@@H]2C1. The van der Waals surface area contributed by atoms with Crippen LogP contribution in [0.5, 0.6) is 0 Å². The summed E-state index contributed by atoms with van der Waals surface area (Å²) in [5.74, 6) is 1.56. The van der Waals surface area contributed by atoms with Crippen molar-refractivity contribution < 1.29 is 0 Å². The Labute approximate surface area is 78.3 Å². The minimum atomic E-state index is 0.00627. The van der Waals surface area contributed by atoms with Crippen molar-refractivity contribution in [2.24, 2.45) is 11.8 Å². The van der Waals surface area contributed by atoms with E-state index < -0.39 is 0 Å². The molecule has 0 aromatic rings. The van der Waals surface area contributed by atoms with Crippen LogP contribution in [0.25, 0.3) is 0 Å². The van der Waals surface area contributed by atoms with E-state index in [-0.39, 0.29) is 10.3 Å². The molecule has 1 unspecified atom stereocenters. The summed E-state index contributed by atoms with van der Waals surface area (Å²) >= 11 is 12.5. The van der Waals surface area contributed by atoms with Gasteiger partial charge in [0, 0.05) is 0 Å². The average Bonchev–Trinajstić information content (AvgIpc) is 2.58. The lowest BCUT2D eigenvalue weighted by atomic mass is 10.0. The van der Waals surface area contributed by atoms with Gasteiger partial charge in [0.2, 0.25) is 0 Å². The summed E-state index contributed by atoms with van der Waals surface area (Å²) in [6.45, 7) is 2.31. The van der Waals surface area contributed by atoms with Gasteiger partial charge in [0.25, 0.3) is 0 Å². The third-order valence-electron chi connectivity index (χ3n) is 3.20. The van der Waals surface area contributed by atoms with E-state index in [0.717, 1.165) is 24.7 Å². The lowest BCUT2D eigenvalue weighted by Crippen LogP contribution is -2.16. The molecule has 0 nitrogen and oxygen atoms in total. The van der Waals surface area contributed by atoms with Gasteiger partial charge in [0.1, 0.15) is 0 Å². The zero-order chi connectivity index (χ0) is 8.06. The standard InChI is InChI=1S/C9H14Cl2/c1-6-2-3-8(10)9(11)5-7(9)4-6/h6-8H,2-5H2,1H3/t6?,7-,8-,9-/m0/s1. The van der Waals surface area contributed by atoms with Crippen molar-refractivity contribution in [3.05, 3.63) is 0 Å². The van der Waals surface area contributed by atoms with Gasteiger partial charge in [-0.15, -0.1) is 23.2 Å². The van der Waals surface area contributed by atoms with Crippen LogP contribution in [-0.2, 0) is 0 Å². The molecule has 0 aromatic heterocycles. The van der Waals surface area contributed by atoms with Gasteiger partial charge in [-0.3, -0.25) is 0 Å². The molecule has 0 radical (unpaired) electrons. The van der Waals surface area contributed by atoms with Crippen LogP contribution in [0.15, 0.2) is 0 Å². The van der Waals surface area contributed by atoms with E-state index in [1.807, 2.05) is 0 Å². The van der Waals surface area contributed by atoms with Crippen molar-refractivity contribution in [3.8, 4) is 0 Å². The van der Waals surface area contributed by atoms with E-state index in [9.17, 15) is 0 Å². The van der Waals surface area contributed by atoms with Gasteiger partial charge in [0.05, 0.1) is 10.3 Å². The zero-order valence-electron chi connectivity index (χ0n) is 6.82. The topological polar surface area (TPSA) is 0 Å². The molecular weight excluding hydrogens is 179 g/mol. The Bertz CT molecular complexity index is 169. The first-order chi connectivity index (χ1) is 5.13. The highest BCUT2D eigenvalue weighted by Crippen LogP contribution is 2.59. The third-order valence-corrected chi connectivity index (χ3v) is 4.64. The summed E-state index contributed by atoms with van der Waals surface area (Å²) in [4.78, 5) is 0.00627. The van der Waals surface area contributed by atoms with Gasteiger partial charge in [-0.2, -0.15) is 0 Å². The quantitative estimate of drug-likeness (QED) is 0.517. The molecular formula is C9H14Cl2. The zero-order valence-corrected chi connectivity index (χ0v) is 8.33. The van der Waals surface area contributed by atoms with E-state index in [2.05, 4.69) is 6.92 Å². The molecule has 2 rings (SSSR count). The smallest absolute Gasteiger partial charge is 0.0641 e. The third kappa shape index (κ3) is 1.29. The van der Waals surface area contributed by atoms with Gasteiger partial charge in [-0.05, 0) is 37.5 Å². The van der Waals surface area contributed by atoms with Crippen LogP contribution in [0.3, 0.4) is 0 Å². The van der Waals surface area contributed by atoms with Crippen molar-refractivity contribution in [2.75, 3.05) is 0 Å². The van der Waals surface area contributed by atoms with Crippen LogP contribution in [0.1, 0.15) is 32.6 Å².